The lowest BCUT2D eigenvalue weighted by atomic mass is 10.1. The molecule has 0 saturated carbocycles. The summed E-state index contributed by atoms with van der Waals surface area (Å²) in [6, 6.07) is 1.59. The van der Waals surface area contributed by atoms with Crippen molar-refractivity contribution in [3.8, 4) is 0 Å². The number of hydrogen-bond acceptors (Lipinski definition) is 4. The molecule has 1 saturated heterocycles. The summed E-state index contributed by atoms with van der Waals surface area (Å²) in [5.74, 6) is -0.0456. The van der Waals surface area contributed by atoms with Gasteiger partial charge >= 0.3 is 0 Å². The van der Waals surface area contributed by atoms with E-state index in [2.05, 4.69) is 10.00 Å². The second kappa shape index (κ2) is 5.99. The van der Waals surface area contributed by atoms with Crippen molar-refractivity contribution >= 4 is 11.5 Å². The lowest BCUT2D eigenvalue weighted by Gasteiger charge is -2.28. The molecule has 0 amide bonds. The summed E-state index contributed by atoms with van der Waals surface area (Å²) in [5, 5.41) is 4.12. The summed E-state index contributed by atoms with van der Waals surface area (Å²) < 4.78 is 1.25. The summed E-state index contributed by atoms with van der Waals surface area (Å²) in [5.41, 5.74) is 0.676. The minimum atomic E-state index is -0.197. The van der Waals surface area contributed by atoms with Gasteiger partial charge in [-0.1, -0.05) is 13.8 Å². The smallest absolute Gasteiger partial charge is 0.269 e. The fourth-order valence-corrected chi connectivity index (χ4v) is 2.20. The molecular weight excluding hydrogens is 242 g/mol. The van der Waals surface area contributed by atoms with E-state index < -0.39 is 0 Å². The molecule has 0 N–H and O–H groups in total. The monoisotopic (exact) mass is 263 g/mol. The third-order valence-corrected chi connectivity index (χ3v) is 3.53. The molecule has 0 radical (unpaired) electrons. The van der Waals surface area contributed by atoms with Gasteiger partial charge in [0.2, 0.25) is 0 Å². The third kappa shape index (κ3) is 3.43. The maximum atomic E-state index is 12.0. The van der Waals surface area contributed by atoms with Crippen molar-refractivity contribution in [1.82, 2.24) is 9.78 Å². The number of aromatic nitrogens is 2. The molecule has 104 valence electrons. The number of Topliss-reactive ketones (excluding diaryl/α,β-unsaturated/α-hetero) is 1. The number of anilines is 1. The molecule has 2 rings (SSSR count). The molecule has 0 spiro atoms. The topological polar surface area (TPSA) is 55.2 Å². The molecule has 1 fully saturated rings. The maximum Gasteiger partial charge on any atom is 0.269 e. The number of hydrogen-bond donors (Lipinski definition) is 0. The molecule has 1 aliphatic heterocycles. The zero-order valence-electron chi connectivity index (χ0n) is 11.6. The van der Waals surface area contributed by atoms with E-state index in [1.54, 1.807) is 12.3 Å². The normalized spacial score (nSPS) is 15.8. The van der Waals surface area contributed by atoms with Gasteiger partial charge in [-0.3, -0.25) is 9.59 Å². The van der Waals surface area contributed by atoms with Crippen LogP contribution in [0.3, 0.4) is 0 Å². The first kappa shape index (κ1) is 13.8. The zero-order valence-corrected chi connectivity index (χ0v) is 11.6. The largest absolute Gasteiger partial charge is 0.370 e. The summed E-state index contributed by atoms with van der Waals surface area (Å²) in [6.07, 6.45) is 5.27. The van der Waals surface area contributed by atoms with E-state index in [0.29, 0.717) is 0 Å². The molecule has 5 heteroatoms. The first-order valence-corrected chi connectivity index (χ1v) is 6.93. The Bertz CT molecular complexity index is 502. The van der Waals surface area contributed by atoms with E-state index >= 15 is 0 Å². The zero-order chi connectivity index (χ0) is 13.8. The maximum absolute atomic E-state index is 12.0. The van der Waals surface area contributed by atoms with E-state index in [1.165, 1.54) is 11.1 Å². The number of carbonyl (C=O) groups is 1. The summed E-state index contributed by atoms with van der Waals surface area (Å²) >= 11 is 0. The molecule has 0 unspecified atom stereocenters. The number of carbonyl (C=O) groups excluding carboxylic acids is 1. The number of ketones is 1. The quantitative estimate of drug-likeness (QED) is 0.825. The molecule has 19 heavy (non-hydrogen) atoms. The summed E-state index contributed by atoms with van der Waals surface area (Å²) in [7, 11) is 0. The molecule has 0 bridgehead atoms. The van der Waals surface area contributed by atoms with Crippen LogP contribution in [0.1, 0.15) is 33.1 Å². The minimum Gasteiger partial charge on any atom is -0.370 e. The molecule has 1 aliphatic rings. The van der Waals surface area contributed by atoms with Gasteiger partial charge in [-0.05, 0) is 19.3 Å². The first-order chi connectivity index (χ1) is 9.08. The van der Waals surface area contributed by atoms with E-state index in [-0.39, 0.29) is 23.8 Å². The second-order valence-corrected chi connectivity index (χ2v) is 5.38. The highest BCUT2D eigenvalue weighted by Gasteiger charge is 2.14. The highest BCUT2D eigenvalue weighted by Crippen LogP contribution is 2.16. The average molecular weight is 263 g/mol. The van der Waals surface area contributed by atoms with Crippen LogP contribution >= 0.6 is 0 Å². The predicted octanol–water partition coefficient (Wildman–Crippen LogP) is 1.46. The Balaban J connectivity index is 2.12. The van der Waals surface area contributed by atoms with Crippen molar-refractivity contribution in [2.75, 3.05) is 18.0 Å². The van der Waals surface area contributed by atoms with Crippen molar-refractivity contribution in [1.29, 1.82) is 0 Å². The number of nitrogens with zero attached hydrogens (tertiary/aromatic N) is 3. The lowest BCUT2D eigenvalue weighted by Crippen LogP contribution is -2.33. The Kier molecular flexibility index (Phi) is 4.35. The molecule has 1 aromatic rings. The number of piperidine rings is 1. The predicted molar refractivity (Wildman–Crippen MR) is 74.4 cm³/mol. The van der Waals surface area contributed by atoms with Gasteiger partial charge in [0.15, 0.2) is 5.78 Å². The van der Waals surface area contributed by atoms with Gasteiger partial charge in [0, 0.05) is 25.1 Å². The third-order valence-electron chi connectivity index (χ3n) is 3.53. The van der Waals surface area contributed by atoms with Crippen molar-refractivity contribution in [3.63, 3.8) is 0 Å². The van der Waals surface area contributed by atoms with Crippen LogP contribution < -0.4 is 10.5 Å². The Labute approximate surface area is 113 Å². The van der Waals surface area contributed by atoms with Gasteiger partial charge in [0.25, 0.3) is 5.56 Å². The Morgan fingerprint density at radius 1 is 1.32 bits per heavy atom. The van der Waals surface area contributed by atoms with Gasteiger partial charge < -0.3 is 4.90 Å². The van der Waals surface area contributed by atoms with Gasteiger partial charge in [-0.25, -0.2) is 4.68 Å². The van der Waals surface area contributed by atoms with Crippen LogP contribution in [-0.4, -0.2) is 28.7 Å². The standard InChI is InChI=1S/C14H21N3O2/c1-11(2)13(18)10-17-14(19)8-12(9-15-17)16-6-4-3-5-7-16/h8-9,11H,3-7,10H2,1-2H3. The van der Waals surface area contributed by atoms with Crippen molar-refractivity contribution in [2.24, 2.45) is 5.92 Å². The molecule has 2 heterocycles. The molecule has 0 aromatic carbocycles. The van der Waals surface area contributed by atoms with Crippen LogP contribution in [0.25, 0.3) is 0 Å². The van der Waals surface area contributed by atoms with Crippen LogP contribution in [0, 0.1) is 5.92 Å². The molecule has 5 nitrogen and oxygen atoms in total. The van der Waals surface area contributed by atoms with Gasteiger partial charge in [-0.15, -0.1) is 0 Å². The van der Waals surface area contributed by atoms with E-state index in [9.17, 15) is 9.59 Å². The van der Waals surface area contributed by atoms with Gasteiger partial charge in [-0.2, -0.15) is 5.10 Å². The van der Waals surface area contributed by atoms with E-state index in [0.717, 1.165) is 31.6 Å². The van der Waals surface area contributed by atoms with Crippen LogP contribution in [0.2, 0.25) is 0 Å². The van der Waals surface area contributed by atoms with Gasteiger partial charge in [0.1, 0.15) is 6.54 Å². The number of rotatable bonds is 4. The molecule has 0 atom stereocenters. The van der Waals surface area contributed by atoms with Crippen LogP contribution in [-0.2, 0) is 11.3 Å². The highest BCUT2D eigenvalue weighted by molar-refractivity contribution is 5.79. The second-order valence-electron chi connectivity index (χ2n) is 5.38. The Morgan fingerprint density at radius 3 is 2.58 bits per heavy atom. The van der Waals surface area contributed by atoms with Crippen molar-refractivity contribution in [3.05, 3.63) is 22.6 Å². The highest BCUT2D eigenvalue weighted by atomic mass is 16.1. The summed E-state index contributed by atoms with van der Waals surface area (Å²) in [4.78, 5) is 25.8. The van der Waals surface area contributed by atoms with E-state index in [1.807, 2.05) is 13.8 Å². The Hall–Kier alpha value is -1.65. The molecular formula is C14H21N3O2. The minimum absolute atomic E-state index is 0.0281. The van der Waals surface area contributed by atoms with Gasteiger partial charge in [0.05, 0.1) is 11.9 Å². The fraction of sp³-hybridized carbons (Fsp3) is 0.643. The van der Waals surface area contributed by atoms with Crippen LogP contribution in [0.5, 0.6) is 0 Å². The summed E-state index contributed by atoms with van der Waals surface area (Å²) in [6.45, 7) is 5.69. The van der Waals surface area contributed by atoms with E-state index in [4.69, 9.17) is 0 Å². The molecule has 1 aromatic heterocycles. The lowest BCUT2D eigenvalue weighted by molar-refractivity contribution is -0.122. The molecule has 0 aliphatic carbocycles. The Morgan fingerprint density at radius 2 is 2.00 bits per heavy atom. The van der Waals surface area contributed by atoms with Crippen molar-refractivity contribution < 1.29 is 4.79 Å². The average Bonchev–Trinajstić information content (AvgIpc) is 2.41. The fourth-order valence-electron chi connectivity index (χ4n) is 2.20. The van der Waals surface area contributed by atoms with Crippen LogP contribution in [0.15, 0.2) is 17.1 Å². The first-order valence-electron chi connectivity index (χ1n) is 6.93. The SMILES string of the molecule is CC(C)C(=O)Cn1ncc(N2CCCCC2)cc1=O. The van der Waals surface area contributed by atoms with Crippen LogP contribution in [0.4, 0.5) is 5.69 Å². The van der Waals surface area contributed by atoms with Crippen molar-refractivity contribution in [2.45, 2.75) is 39.7 Å².